The van der Waals surface area contributed by atoms with Gasteiger partial charge in [-0.2, -0.15) is 28.5 Å². The molecule has 0 aliphatic heterocycles. The summed E-state index contributed by atoms with van der Waals surface area (Å²) in [5, 5.41) is 44.7. The van der Waals surface area contributed by atoms with Crippen molar-refractivity contribution in [3.05, 3.63) is 108 Å². The number of aromatic nitrogens is 6. The molecule has 0 amide bonds. The van der Waals surface area contributed by atoms with Gasteiger partial charge in [0.2, 0.25) is 0 Å². The molecule has 0 bridgehead atoms. The fourth-order valence-electron chi connectivity index (χ4n) is 4.66. The molecule has 0 unspecified atom stereocenters. The normalized spacial score (nSPS) is 11.3. The van der Waals surface area contributed by atoms with E-state index in [1.807, 2.05) is 0 Å². The SMILES string of the molecule is O=S(=O)([O-])c1ccc(-c2cnn(-c3ccc(/C=C/c4ccc(-n5ncc(-c6ccc(SOO[O-])cc6)n5)cc4S(=O)(=O)[O-])c(SOO[O-])c3)n2)cc1.[Na+].[Na+].[Na+].[Na+]. The van der Waals surface area contributed by atoms with E-state index in [1.165, 1.54) is 59.7 Å². The van der Waals surface area contributed by atoms with E-state index in [-0.39, 0.29) is 129 Å². The van der Waals surface area contributed by atoms with Crippen molar-refractivity contribution < 1.29 is 173 Å². The van der Waals surface area contributed by atoms with Crippen LogP contribution in [0.2, 0.25) is 0 Å². The van der Waals surface area contributed by atoms with Crippen LogP contribution < -0.4 is 129 Å². The Bertz CT molecular complexity index is 2480. The van der Waals surface area contributed by atoms with E-state index in [9.17, 15) is 36.5 Å². The van der Waals surface area contributed by atoms with Crippen molar-refractivity contribution in [3.63, 3.8) is 0 Å². The molecule has 0 aliphatic rings. The van der Waals surface area contributed by atoms with Crippen molar-refractivity contribution >= 4 is 56.5 Å². The van der Waals surface area contributed by atoms with Gasteiger partial charge in [-0.3, -0.25) is 10.1 Å². The van der Waals surface area contributed by atoms with E-state index in [0.29, 0.717) is 55.6 Å². The largest absolute Gasteiger partial charge is 1.00 e. The van der Waals surface area contributed by atoms with Gasteiger partial charge in [0.15, 0.2) is 0 Å². The zero-order valence-corrected chi connectivity index (χ0v) is 40.9. The van der Waals surface area contributed by atoms with Crippen LogP contribution in [0.5, 0.6) is 0 Å². The molecular formula is C30H18N6Na4O12S4. The predicted octanol–water partition coefficient (Wildman–Crippen LogP) is -9.36. The molecule has 0 spiro atoms. The van der Waals surface area contributed by atoms with Crippen LogP contribution in [0.1, 0.15) is 11.1 Å². The summed E-state index contributed by atoms with van der Waals surface area (Å²) in [6.07, 6.45) is 5.72. The van der Waals surface area contributed by atoms with E-state index in [0.717, 1.165) is 35.0 Å². The zero-order chi connectivity index (χ0) is 36.9. The molecule has 2 heterocycles. The van der Waals surface area contributed by atoms with Crippen LogP contribution in [0.15, 0.2) is 117 Å². The van der Waals surface area contributed by atoms with Gasteiger partial charge in [-0.05, 0) is 59.7 Å². The summed E-state index contributed by atoms with van der Waals surface area (Å²) in [5.74, 6) is 0. The van der Waals surface area contributed by atoms with Crippen molar-refractivity contribution in [2.75, 3.05) is 0 Å². The third-order valence-electron chi connectivity index (χ3n) is 7.05. The Kier molecular flexibility index (Phi) is 21.3. The number of hydrogen-bond donors (Lipinski definition) is 0. The molecule has 2 aromatic heterocycles. The molecule has 0 saturated carbocycles. The fourth-order valence-corrected chi connectivity index (χ4v) is 6.67. The third-order valence-corrected chi connectivity index (χ3v) is 10.0. The Morgan fingerprint density at radius 2 is 1.07 bits per heavy atom. The first-order chi connectivity index (χ1) is 24.9. The molecule has 268 valence electrons. The quantitative estimate of drug-likeness (QED) is 0.0246. The van der Waals surface area contributed by atoms with Gasteiger partial charge in [0.25, 0.3) is 0 Å². The molecule has 0 radical (unpaired) electrons. The number of rotatable bonds is 14. The van der Waals surface area contributed by atoms with Crippen LogP contribution in [0.4, 0.5) is 0 Å². The molecule has 6 rings (SSSR count). The van der Waals surface area contributed by atoms with Gasteiger partial charge in [0.1, 0.15) is 31.6 Å². The average Bonchev–Trinajstić information content (AvgIpc) is 3.83. The Hall–Kier alpha value is -0.820. The topological polar surface area (TPSA) is 259 Å². The first kappa shape index (κ1) is 51.3. The molecule has 0 N–H and O–H groups in total. The summed E-state index contributed by atoms with van der Waals surface area (Å²) in [4.78, 5) is 2.35. The van der Waals surface area contributed by atoms with E-state index in [2.05, 4.69) is 39.1 Å². The molecular weight excluding hydrogens is 857 g/mol. The second-order valence-electron chi connectivity index (χ2n) is 10.2. The summed E-state index contributed by atoms with van der Waals surface area (Å²) in [6.45, 7) is 0. The first-order valence-corrected chi connectivity index (χ1v) is 18.4. The molecule has 18 nitrogen and oxygen atoms in total. The van der Waals surface area contributed by atoms with Crippen LogP contribution in [-0.2, 0) is 39.0 Å². The molecule has 6 aromatic rings. The van der Waals surface area contributed by atoms with Crippen molar-refractivity contribution in [2.45, 2.75) is 19.6 Å². The van der Waals surface area contributed by atoms with Crippen molar-refractivity contribution in [3.8, 4) is 33.9 Å². The molecule has 26 heteroatoms. The number of hydrogen-bond acceptors (Lipinski definition) is 18. The molecule has 0 fully saturated rings. The van der Waals surface area contributed by atoms with Crippen LogP contribution in [-0.4, -0.2) is 55.9 Å². The Morgan fingerprint density at radius 3 is 1.59 bits per heavy atom. The minimum Gasteiger partial charge on any atom is -0.744 e. The van der Waals surface area contributed by atoms with E-state index in [1.54, 1.807) is 36.4 Å². The van der Waals surface area contributed by atoms with Crippen LogP contribution >= 0.6 is 24.1 Å². The van der Waals surface area contributed by atoms with Gasteiger partial charge in [-0.1, -0.05) is 48.6 Å². The number of benzene rings is 4. The molecule has 0 saturated heterocycles. The number of nitrogens with zero attached hydrogens (tertiary/aromatic N) is 6. The third kappa shape index (κ3) is 13.3. The summed E-state index contributed by atoms with van der Waals surface area (Å²) < 4.78 is 79.6. The Morgan fingerprint density at radius 1 is 0.589 bits per heavy atom. The monoisotopic (exact) mass is 874 g/mol. The maximum atomic E-state index is 12.3. The summed E-state index contributed by atoms with van der Waals surface area (Å²) >= 11 is 1.26. The predicted molar refractivity (Wildman–Crippen MR) is 174 cm³/mol. The smallest absolute Gasteiger partial charge is 0.744 e. The van der Waals surface area contributed by atoms with Gasteiger partial charge >= 0.3 is 118 Å². The molecule has 0 aliphatic carbocycles. The standard InChI is InChI=1S/C30H22N6O12S4.4Na/c37-45-47-49-25-11-5-19(6-12-25)27-17-32-36(34-27)24-10-4-22(30(16-24)52(42,43)44)2-1-21-3-9-23(15-29(21)50-48-46-38)35-31-18-28(33-35)20-7-13-26(14-8-20)51(39,40)41;;;;/h1-18,37-38H,(H,39,40,41)(H,42,43,44);;;;/q;4*+1/p-4/b2-1+;;;;. The fraction of sp³-hybridized carbons (Fsp3) is 0. The molecule has 0 atom stereocenters. The Labute approximate surface area is 416 Å². The zero-order valence-electron chi connectivity index (χ0n) is 29.6. The summed E-state index contributed by atoms with van der Waals surface area (Å²) in [7, 11) is -9.62. The maximum absolute atomic E-state index is 12.3. The first-order valence-electron chi connectivity index (χ1n) is 14.1. The second-order valence-corrected chi connectivity index (χ2v) is 14.5. The van der Waals surface area contributed by atoms with Crippen LogP contribution in [0.25, 0.3) is 46.0 Å². The van der Waals surface area contributed by atoms with Gasteiger partial charge < -0.3 is 19.6 Å². The molecule has 56 heavy (non-hydrogen) atoms. The summed E-state index contributed by atoms with van der Waals surface area (Å²) in [6, 6.07) is 20.6. The minimum atomic E-state index is -5.00. The second kappa shape index (κ2) is 23.3. The van der Waals surface area contributed by atoms with Gasteiger partial charge in [0, 0.05) is 20.9 Å². The van der Waals surface area contributed by atoms with Gasteiger partial charge in [-0.15, -0.1) is 10.2 Å². The minimum absolute atomic E-state index is 0. The van der Waals surface area contributed by atoms with Crippen molar-refractivity contribution in [2.24, 2.45) is 0 Å². The van der Waals surface area contributed by atoms with E-state index >= 15 is 0 Å². The van der Waals surface area contributed by atoms with Crippen LogP contribution in [0, 0.1) is 0 Å². The Balaban J connectivity index is 0.00000271. The van der Waals surface area contributed by atoms with Gasteiger partial charge in [-0.25, -0.2) is 16.8 Å². The van der Waals surface area contributed by atoms with E-state index in [4.69, 9.17) is 0 Å². The van der Waals surface area contributed by atoms with Gasteiger partial charge in [0.05, 0.1) is 57.6 Å². The summed E-state index contributed by atoms with van der Waals surface area (Å²) in [5.41, 5.74) is 2.96. The maximum Gasteiger partial charge on any atom is 1.00 e. The molecule has 4 aromatic carbocycles. The van der Waals surface area contributed by atoms with Crippen LogP contribution in [0.3, 0.4) is 0 Å². The average molecular weight is 875 g/mol. The van der Waals surface area contributed by atoms with Crippen molar-refractivity contribution in [1.29, 1.82) is 0 Å². The van der Waals surface area contributed by atoms with Crippen molar-refractivity contribution in [1.82, 2.24) is 30.0 Å². The van der Waals surface area contributed by atoms with E-state index < -0.39 is 30.0 Å².